The summed E-state index contributed by atoms with van der Waals surface area (Å²) in [4.78, 5) is 24.0. The minimum atomic E-state index is -3.06. The van der Waals surface area contributed by atoms with Crippen LogP contribution in [-0.2, 0) is 5.54 Å². The Morgan fingerprint density at radius 3 is 2.73 bits per heavy atom. The Kier molecular flexibility index (Phi) is 5.52. The largest absolute Gasteiger partial charge is 0.434 e. The number of rotatable bonds is 5. The first-order chi connectivity index (χ1) is 19.5. The van der Waals surface area contributed by atoms with Crippen LogP contribution in [0.2, 0.25) is 0 Å². The SMILES string of the molecule is CN1C(=O)c2cccc(OC(F)F)c2C2CC1c1nc3ccc(-c4cnc(C5(N)CC(C)(CO)C5)c(F)c4)nn3c12. The van der Waals surface area contributed by atoms with Gasteiger partial charge < -0.3 is 20.5 Å². The zero-order valence-electron chi connectivity index (χ0n) is 22.3. The van der Waals surface area contributed by atoms with Crippen molar-refractivity contribution in [2.75, 3.05) is 13.7 Å². The van der Waals surface area contributed by atoms with Gasteiger partial charge >= 0.3 is 6.61 Å². The average Bonchev–Trinajstić information content (AvgIpc) is 3.44. The molecule has 0 spiro atoms. The van der Waals surface area contributed by atoms with Gasteiger partial charge in [-0.1, -0.05) is 13.0 Å². The van der Waals surface area contributed by atoms with Crippen molar-refractivity contribution < 1.29 is 27.8 Å². The molecule has 4 heterocycles. The van der Waals surface area contributed by atoms with E-state index in [1.54, 1.807) is 34.7 Å². The zero-order chi connectivity index (χ0) is 28.8. The molecule has 2 bridgehead atoms. The van der Waals surface area contributed by atoms with Crippen LogP contribution in [0.5, 0.6) is 5.75 Å². The molecule has 7 rings (SSSR count). The first kappa shape index (κ1) is 25.9. The van der Waals surface area contributed by atoms with Gasteiger partial charge in [0.2, 0.25) is 0 Å². The van der Waals surface area contributed by atoms with Gasteiger partial charge in [-0.3, -0.25) is 9.78 Å². The van der Waals surface area contributed by atoms with Crippen LogP contribution < -0.4 is 10.5 Å². The number of pyridine rings is 1. The number of hydrogen-bond acceptors (Lipinski definition) is 7. The fraction of sp³-hybridized carbons (Fsp3) is 0.379. The topological polar surface area (TPSA) is 119 Å². The van der Waals surface area contributed by atoms with Crippen LogP contribution in [-0.4, -0.2) is 55.8 Å². The molecule has 2 atom stereocenters. The van der Waals surface area contributed by atoms with Gasteiger partial charge in [-0.15, -0.1) is 0 Å². The molecule has 2 unspecified atom stereocenters. The first-order valence-corrected chi connectivity index (χ1v) is 13.3. The normalized spacial score (nSPS) is 26.6. The van der Waals surface area contributed by atoms with Gasteiger partial charge in [-0.25, -0.2) is 13.9 Å². The van der Waals surface area contributed by atoms with E-state index in [2.05, 4.69) is 4.98 Å². The highest BCUT2D eigenvalue weighted by molar-refractivity contribution is 5.98. The summed E-state index contributed by atoms with van der Waals surface area (Å²) < 4.78 is 48.5. The molecule has 2 aliphatic carbocycles. The van der Waals surface area contributed by atoms with Gasteiger partial charge in [0.15, 0.2) is 5.65 Å². The smallest absolute Gasteiger partial charge is 0.387 e. The van der Waals surface area contributed by atoms with E-state index in [4.69, 9.17) is 20.6 Å². The molecule has 9 nitrogen and oxygen atoms in total. The molecule has 1 saturated carbocycles. The van der Waals surface area contributed by atoms with E-state index in [1.165, 1.54) is 24.4 Å². The second-order valence-corrected chi connectivity index (χ2v) is 11.7. The number of nitrogens with two attached hydrogens (primary N) is 1. The van der Waals surface area contributed by atoms with E-state index < -0.39 is 23.9 Å². The highest BCUT2D eigenvalue weighted by atomic mass is 19.3. The van der Waals surface area contributed by atoms with Crippen LogP contribution in [0.15, 0.2) is 42.6 Å². The van der Waals surface area contributed by atoms with Crippen LogP contribution in [0.4, 0.5) is 13.2 Å². The molecule has 1 fully saturated rings. The quantitative estimate of drug-likeness (QED) is 0.374. The van der Waals surface area contributed by atoms with Crippen LogP contribution >= 0.6 is 0 Å². The lowest BCUT2D eigenvalue weighted by molar-refractivity contribution is -0.0506. The maximum Gasteiger partial charge on any atom is 0.387 e. The number of hydrogen-bond donors (Lipinski definition) is 2. The number of carbonyl (C=O) groups is 1. The van der Waals surface area contributed by atoms with E-state index in [0.717, 1.165) is 0 Å². The number of ether oxygens (including phenoxy) is 1. The van der Waals surface area contributed by atoms with E-state index >= 15 is 4.39 Å². The fourth-order valence-electron chi connectivity index (χ4n) is 7.05. The molecule has 41 heavy (non-hydrogen) atoms. The number of aliphatic hydroxyl groups is 1. The van der Waals surface area contributed by atoms with E-state index in [0.29, 0.717) is 58.7 Å². The summed E-state index contributed by atoms with van der Waals surface area (Å²) in [5.41, 5.74) is 8.60. The number of amides is 1. The van der Waals surface area contributed by atoms with Crippen molar-refractivity contribution in [3.63, 3.8) is 0 Å². The lowest BCUT2D eigenvalue weighted by Gasteiger charge is -2.51. The van der Waals surface area contributed by atoms with E-state index in [-0.39, 0.29) is 35.4 Å². The number of nitrogens with zero attached hydrogens (tertiary/aromatic N) is 5. The monoisotopic (exact) mass is 564 g/mol. The second-order valence-electron chi connectivity index (χ2n) is 11.7. The molecule has 1 aromatic carbocycles. The van der Waals surface area contributed by atoms with Crippen molar-refractivity contribution in [3.8, 4) is 17.0 Å². The molecule has 212 valence electrons. The number of aliphatic hydroxyl groups excluding tert-OH is 1. The maximum atomic E-state index is 15.3. The summed E-state index contributed by atoms with van der Waals surface area (Å²) in [5.74, 6) is -1.40. The molecule has 3 aliphatic rings. The Morgan fingerprint density at radius 1 is 1.24 bits per heavy atom. The lowest BCUT2D eigenvalue weighted by atomic mass is 9.57. The van der Waals surface area contributed by atoms with E-state index in [9.17, 15) is 18.7 Å². The number of halogens is 3. The standard InChI is InChI=1S/C29H27F3N6O3/c1-28(13-39)11-29(33,12-28)25-17(30)8-14(10-34-25)18-6-7-21-35-23-19-9-16(24(23)38(21)36-18)22-15(26(40)37(19)2)4-3-5-20(22)41-27(31)32/h3-8,10,16,19,27,39H,9,11-13,33H2,1-2H3. The van der Waals surface area contributed by atoms with Gasteiger partial charge in [0.1, 0.15) is 11.6 Å². The molecule has 3 aromatic heterocycles. The highest BCUT2D eigenvalue weighted by Crippen LogP contribution is 2.53. The number of fused-ring (bicyclic) bond motifs is 9. The molecule has 4 aromatic rings. The predicted octanol–water partition coefficient (Wildman–Crippen LogP) is 4.14. The molecular weight excluding hydrogens is 537 g/mol. The zero-order valence-corrected chi connectivity index (χ0v) is 22.3. The molecule has 12 heteroatoms. The van der Waals surface area contributed by atoms with Crippen LogP contribution in [0.3, 0.4) is 0 Å². The third kappa shape index (κ3) is 3.77. The first-order valence-electron chi connectivity index (χ1n) is 13.3. The Morgan fingerprint density at radius 2 is 2.02 bits per heavy atom. The Bertz CT molecular complexity index is 1730. The van der Waals surface area contributed by atoms with Gasteiger partial charge in [-0.2, -0.15) is 13.9 Å². The van der Waals surface area contributed by atoms with Crippen molar-refractivity contribution in [2.45, 2.75) is 50.3 Å². The molecule has 1 amide bonds. The van der Waals surface area contributed by atoms with Crippen LogP contribution in [0.25, 0.3) is 16.9 Å². The van der Waals surface area contributed by atoms with Gasteiger partial charge in [0.25, 0.3) is 5.91 Å². The Balaban J connectivity index is 1.32. The molecule has 1 aliphatic heterocycles. The van der Waals surface area contributed by atoms with Crippen molar-refractivity contribution in [1.82, 2.24) is 24.5 Å². The van der Waals surface area contributed by atoms with Gasteiger partial charge in [0, 0.05) is 42.5 Å². The van der Waals surface area contributed by atoms with Crippen molar-refractivity contribution >= 4 is 11.6 Å². The Labute approximate surface area is 232 Å². The number of carbonyl (C=O) groups excluding carboxylic acids is 1. The summed E-state index contributed by atoms with van der Waals surface area (Å²) in [5, 5.41) is 14.4. The van der Waals surface area contributed by atoms with Crippen LogP contribution in [0.1, 0.15) is 71.1 Å². The third-order valence-electron chi connectivity index (χ3n) is 8.77. The number of imidazole rings is 1. The number of aromatic nitrogens is 4. The summed E-state index contributed by atoms with van der Waals surface area (Å²) in [6.07, 6.45) is 2.79. The van der Waals surface area contributed by atoms with Gasteiger partial charge in [0.05, 0.1) is 34.4 Å². The number of alkyl halides is 2. The number of benzene rings is 1. The van der Waals surface area contributed by atoms with Crippen molar-refractivity contribution in [2.24, 2.45) is 11.1 Å². The summed E-state index contributed by atoms with van der Waals surface area (Å²) in [6, 6.07) is 8.98. The van der Waals surface area contributed by atoms with Crippen molar-refractivity contribution in [1.29, 1.82) is 0 Å². The minimum Gasteiger partial charge on any atom is -0.434 e. The summed E-state index contributed by atoms with van der Waals surface area (Å²) >= 11 is 0. The third-order valence-corrected chi connectivity index (χ3v) is 8.77. The van der Waals surface area contributed by atoms with Gasteiger partial charge in [-0.05, 0) is 55.0 Å². The fourth-order valence-corrected chi connectivity index (χ4v) is 7.05. The molecule has 0 saturated heterocycles. The molecule has 0 radical (unpaired) electrons. The highest BCUT2D eigenvalue weighted by Gasteiger charge is 2.52. The van der Waals surface area contributed by atoms with E-state index in [1.807, 2.05) is 6.92 Å². The summed E-state index contributed by atoms with van der Waals surface area (Å²) in [7, 11) is 1.67. The predicted molar refractivity (Wildman–Crippen MR) is 141 cm³/mol. The summed E-state index contributed by atoms with van der Waals surface area (Å²) in [6.45, 7) is -1.19. The average molecular weight is 565 g/mol. The maximum absolute atomic E-state index is 15.3. The minimum absolute atomic E-state index is 0.0309. The molecule has 3 N–H and O–H groups in total. The lowest BCUT2D eigenvalue weighted by Crippen LogP contribution is -2.56. The van der Waals surface area contributed by atoms with Crippen molar-refractivity contribution in [3.05, 3.63) is 76.6 Å². The van der Waals surface area contributed by atoms with Crippen LogP contribution in [0, 0.1) is 11.2 Å². The molecular formula is C29H27F3N6O3. The second kappa shape index (κ2) is 8.73. The Hall–Kier alpha value is -4.03.